The minimum absolute atomic E-state index is 0.0260. The van der Waals surface area contributed by atoms with Crippen LogP contribution in [-0.4, -0.2) is 34.8 Å². The molecule has 1 fully saturated rings. The Morgan fingerprint density at radius 1 is 1.14 bits per heavy atom. The van der Waals surface area contributed by atoms with Gasteiger partial charge in [-0.25, -0.2) is 0 Å². The van der Waals surface area contributed by atoms with Gasteiger partial charge in [0.05, 0.1) is 10.7 Å². The maximum absolute atomic E-state index is 12.6. The Morgan fingerprint density at radius 2 is 1.89 bits per heavy atom. The van der Waals surface area contributed by atoms with Crippen molar-refractivity contribution in [1.29, 1.82) is 0 Å². The second-order valence-electron chi connectivity index (χ2n) is 7.52. The molecule has 2 aliphatic rings. The van der Waals surface area contributed by atoms with E-state index in [1.807, 2.05) is 19.1 Å². The van der Waals surface area contributed by atoms with E-state index >= 15 is 0 Å². The first-order valence-corrected chi connectivity index (χ1v) is 11.4. The van der Waals surface area contributed by atoms with Crippen LogP contribution in [0.5, 0.6) is 0 Å². The molecule has 0 aliphatic carbocycles. The van der Waals surface area contributed by atoms with E-state index in [-0.39, 0.29) is 5.24 Å². The van der Waals surface area contributed by atoms with E-state index in [2.05, 4.69) is 39.5 Å². The Bertz CT molecular complexity index is 901. The zero-order chi connectivity index (χ0) is 19.5. The van der Waals surface area contributed by atoms with Gasteiger partial charge in [0.2, 0.25) is 0 Å². The highest BCUT2D eigenvalue weighted by atomic mass is 32.2. The number of carbonyl (C=O) groups excluding carboxylic acids is 1. The van der Waals surface area contributed by atoms with Crippen molar-refractivity contribution in [2.24, 2.45) is 5.73 Å². The van der Waals surface area contributed by atoms with Gasteiger partial charge in [0, 0.05) is 42.3 Å². The molecule has 3 heterocycles. The van der Waals surface area contributed by atoms with Crippen LogP contribution < -0.4 is 16.0 Å². The Kier molecular flexibility index (Phi) is 5.78. The van der Waals surface area contributed by atoms with Gasteiger partial charge in [-0.3, -0.25) is 15.5 Å². The number of carbonyl (C=O) groups is 1. The fourth-order valence-corrected chi connectivity index (χ4v) is 5.59. The number of fused-ring (bicyclic) bond motifs is 1. The van der Waals surface area contributed by atoms with Crippen LogP contribution in [0.2, 0.25) is 0 Å². The molecule has 2 aliphatic heterocycles. The van der Waals surface area contributed by atoms with Gasteiger partial charge in [-0.2, -0.15) is 0 Å². The number of aromatic nitrogens is 1. The van der Waals surface area contributed by atoms with E-state index in [0.29, 0.717) is 17.3 Å². The summed E-state index contributed by atoms with van der Waals surface area (Å²) >= 11 is 0. The van der Waals surface area contributed by atoms with E-state index in [4.69, 9.17) is 5.73 Å². The number of rotatable bonds is 4. The third-order valence-electron chi connectivity index (χ3n) is 5.49. The zero-order valence-corrected chi connectivity index (χ0v) is 17.2. The summed E-state index contributed by atoms with van der Waals surface area (Å²) in [7, 11) is -0.611. The fourth-order valence-electron chi connectivity index (χ4n) is 3.88. The number of nitrogens with one attached hydrogen (secondary N) is 1. The predicted molar refractivity (Wildman–Crippen MR) is 118 cm³/mol. The molecule has 1 aromatic heterocycles. The van der Waals surface area contributed by atoms with Crippen molar-refractivity contribution in [3.63, 3.8) is 0 Å². The van der Waals surface area contributed by atoms with Gasteiger partial charge in [0.1, 0.15) is 0 Å². The third kappa shape index (κ3) is 4.13. The van der Waals surface area contributed by atoms with Gasteiger partial charge in [-0.05, 0) is 62.4 Å². The van der Waals surface area contributed by atoms with E-state index in [1.165, 1.54) is 30.5 Å². The SMILES string of the molecule is Cc1ccc2c(n1)CS(C(=O)NCCc1ccc(N3CCCCC3)cc1)=C2N. The number of amides is 1. The average Bonchev–Trinajstić information content (AvgIpc) is 3.05. The van der Waals surface area contributed by atoms with Crippen LogP contribution in [0.4, 0.5) is 10.5 Å². The summed E-state index contributed by atoms with van der Waals surface area (Å²) in [6, 6.07) is 12.7. The maximum atomic E-state index is 12.6. The van der Waals surface area contributed by atoms with Crippen molar-refractivity contribution in [3.8, 4) is 0 Å². The Labute approximate surface area is 169 Å². The fraction of sp³-hybridized carbons (Fsp3) is 0.409. The summed E-state index contributed by atoms with van der Waals surface area (Å²) < 4.78 is 0. The van der Waals surface area contributed by atoms with Gasteiger partial charge < -0.3 is 10.2 Å². The lowest BCUT2D eigenvalue weighted by molar-refractivity contribution is 0.260. The van der Waals surface area contributed by atoms with Crippen molar-refractivity contribution in [3.05, 3.63) is 58.9 Å². The molecule has 1 saturated heterocycles. The predicted octanol–water partition coefficient (Wildman–Crippen LogP) is 3.55. The molecule has 1 aromatic carbocycles. The van der Waals surface area contributed by atoms with Gasteiger partial charge in [0.15, 0.2) is 0 Å². The number of hydrogen-bond acceptors (Lipinski definition) is 4. The van der Waals surface area contributed by atoms with Gasteiger partial charge in [0.25, 0.3) is 5.24 Å². The summed E-state index contributed by atoms with van der Waals surface area (Å²) in [5.41, 5.74) is 11.6. The van der Waals surface area contributed by atoms with Gasteiger partial charge in [-0.1, -0.05) is 22.6 Å². The Morgan fingerprint density at radius 3 is 2.64 bits per heavy atom. The van der Waals surface area contributed by atoms with Crippen LogP contribution >= 0.6 is 10.5 Å². The maximum Gasteiger partial charge on any atom is 0.275 e. The summed E-state index contributed by atoms with van der Waals surface area (Å²) in [6.45, 7) is 4.91. The molecule has 2 aromatic rings. The van der Waals surface area contributed by atoms with Crippen molar-refractivity contribution >= 4 is 26.4 Å². The highest BCUT2D eigenvalue weighted by molar-refractivity contribution is 8.28. The largest absolute Gasteiger partial charge is 0.372 e. The lowest BCUT2D eigenvalue weighted by atomic mass is 10.1. The molecule has 1 unspecified atom stereocenters. The van der Waals surface area contributed by atoms with Crippen LogP contribution in [0, 0.1) is 6.92 Å². The minimum atomic E-state index is -0.611. The highest BCUT2D eigenvalue weighted by Crippen LogP contribution is 2.32. The molecule has 1 amide bonds. The van der Waals surface area contributed by atoms with Crippen LogP contribution in [0.3, 0.4) is 0 Å². The molecule has 0 bridgehead atoms. The van der Waals surface area contributed by atoms with Crippen LogP contribution in [-0.2, 0) is 12.2 Å². The molecule has 3 N–H and O–H groups in total. The first-order valence-electron chi connectivity index (χ1n) is 10.0. The Balaban J connectivity index is 1.30. The van der Waals surface area contributed by atoms with Gasteiger partial charge >= 0.3 is 0 Å². The van der Waals surface area contributed by atoms with Crippen LogP contribution in [0.1, 0.15) is 41.8 Å². The summed E-state index contributed by atoms with van der Waals surface area (Å²) in [6.07, 6.45) is 4.75. The molecular formula is C22H28N4OS. The smallest absolute Gasteiger partial charge is 0.275 e. The van der Waals surface area contributed by atoms with E-state index in [9.17, 15) is 4.79 Å². The second-order valence-corrected chi connectivity index (χ2v) is 9.41. The summed E-state index contributed by atoms with van der Waals surface area (Å²) in [5, 5.41) is 3.09. The van der Waals surface area contributed by atoms with E-state index < -0.39 is 10.5 Å². The number of nitrogens with zero attached hydrogens (tertiary/aromatic N) is 2. The number of nitrogens with two attached hydrogens (primary N) is 1. The molecule has 5 nitrogen and oxygen atoms in total. The number of aryl methyl sites for hydroxylation is 1. The zero-order valence-electron chi connectivity index (χ0n) is 16.4. The second kappa shape index (κ2) is 8.45. The van der Waals surface area contributed by atoms with Crippen LogP contribution in [0.15, 0.2) is 36.4 Å². The lowest BCUT2D eigenvalue weighted by Crippen LogP contribution is -2.29. The number of pyridine rings is 1. The average molecular weight is 397 g/mol. The molecule has 1 atom stereocenters. The monoisotopic (exact) mass is 396 g/mol. The Hall–Kier alpha value is -2.18. The molecule has 28 heavy (non-hydrogen) atoms. The number of anilines is 1. The molecule has 0 saturated carbocycles. The molecule has 4 rings (SSSR count). The van der Waals surface area contributed by atoms with Crippen LogP contribution in [0.25, 0.3) is 0 Å². The summed E-state index contributed by atoms with van der Waals surface area (Å²) in [5.74, 6) is 0.624. The molecule has 0 radical (unpaired) electrons. The topological polar surface area (TPSA) is 71.2 Å². The van der Waals surface area contributed by atoms with Crippen molar-refractivity contribution in [1.82, 2.24) is 10.3 Å². The number of benzene rings is 1. The van der Waals surface area contributed by atoms with Crippen molar-refractivity contribution in [2.75, 3.05) is 24.5 Å². The van der Waals surface area contributed by atoms with Crippen molar-refractivity contribution in [2.45, 2.75) is 38.4 Å². The summed E-state index contributed by atoms with van der Waals surface area (Å²) in [4.78, 5) is 20.3. The first kappa shape index (κ1) is 19.2. The third-order valence-corrected chi connectivity index (χ3v) is 7.39. The minimum Gasteiger partial charge on any atom is -0.372 e. The van der Waals surface area contributed by atoms with Crippen molar-refractivity contribution < 1.29 is 4.79 Å². The number of piperidine rings is 1. The quantitative estimate of drug-likeness (QED) is 0.776. The standard InChI is InChI=1S/C22H28N4OS/c1-16-5-10-19-20(25-16)15-28(21(19)23)22(27)24-12-11-17-6-8-18(9-7-17)26-13-3-2-4-14-26/h5-10H,2-4,11-15,23H2,1H3,(H,24,27). The molecule has 148 valence electrons. The molecule has 0 spiro atoms. The normalized spacial score (nSPS) is 18.9. The van der Waals surface area contributed by atoms with E-state index in [0.717, 1.165) is 36.5 Å². The van der Waals surface area contributed by atoms with E-state index in [1.54, 1.807) is 0 Å². The lowest BCUT2D eigenvalue weighted by Gasteiger charge is -2.28. The molecule has 6 heteroatoms. The first-order chi connectivity index (χ1) is 13.6. The van der Waals surface area contributed by atoms with Gasteiger partial charge in [-0.15, -0.1) is 0 Å². The number of hydrogen-bond donors (Lipinski definition) is 2. The molecular weight excluding hydrogens is 368 g/mol. The highest BCUT2D eigenvalue weighted by Gasteiger charge is 2.24.